The third kappa shape index (κ3) is 2.78. The fraction of sp³-hybridized carbons (Fsp3) is 0.476. The van der Waals surface area contributed by atoms with Gasteiger partial charge in [-0.25, -0.2) is 0 Å². The van der Waals surface area contributed by atoms with E-state index < -0.39 is 0 Å². The van der Waals surface area contributed by atoms with Crippen LogP contribution in [0.15, 0.2) is 53.7 Å². The lowest BCUT2D eigenvalue weighted by atomic mass is 9.86. The zero-order chi connectivity index (χ0) is 16.8. The minimum Gasteiger partial charge on any atom is -0.295 e. The van der Waals surface area contributed by atoms with Gasteiger partial charge < -0.3 is 0 Å². The topological polar surface area (TPSA) is 16.1 Å². The normalized spacial score (nSPS) is 32.9. The SMILES string of the molecule is CN1[C@@]2(C)CC[C@]1(C)CC(Sc1ccc(-c3cccnc3)cc1)C2. The summed E-state index contributed by atoms with van der Waals surface area (Å²) < 4.78 is 0. The summed E-state index contributed by atoms with van der Waals surface area (Å²) in [5.74, 6) is 0. The monoisotopic (exact) mass is 338 g/mol. The van der Waals surface area contributed by atoms with Gasteiger partial charge in [-0.3, -0.25) is 9.88 Å². The van der Waals surface area contributed by atoms with E-state index in [1.807, 2.05) is 18.5 Å². The highest BCUT2D eigenvalue weighted by Crippen LogP contribution is 2.52. The summed E-state index contributed by atoms with van der Waals surface area (Å²) in [6.07, 6.45) is 9.04. The summed E-state index contributed by atoms with van der Waals surface area (Å²) in [5.41, 5.74) is 3.21. The van der Waals surface area contributed by atoms with Crippen molar-refractivity contribution in [3.8, 4) is 11.1 Å². The van der Waals surface area contributed by atoms with E-state index in [-0.39, 0.29) is 0 Å². The molecule has 2 aromatic rings. The fourth-order valence-electron chi connectivity index (χ4n) is 4.59. The third-order valence-corrected chi connectivity index (χ3v) is 7.52. The van der Waals surface area contributed by atoms with Crippen LogP contribution in [-0.4, -0.2) is 33.3 Å². The Morgan fingerprint density at radius 3 is 2.25 bits per heavy atom. The third-order valence-electron chi connectivity index (χ3n) is 6.31. The number of piperidine rings is 1. The van der Waals surface area contributed by atoms with E-state index in [2.05, 4.69) is 72.9 Å². The summed E-state index contributed by atoms with van der Waals surface area (Å²) in [6, 6.07) is 13.1. The van der Waals surface area contributed by atoms with Crippen LogP contribution in [0.1, 0.15) is 39.5 Å². The number of fused-ring (bicyclic) bond motifs is 2. The van der Waals surface area contributed by atoms with Gasteiger partial charge in [0.15, 0.2) is 0 Å². The molecule has 3 atom stereocenters. The maximum atomic E-state index is 4.21. The molecular formula is C21H26N2S. The molecule has 0 N–H and O–H groups in total. The number of pyridine rings is 1. The van der Waals surface area contributed by atoms with Crippen LogP contribution in [0, 0.1) is 0 Å². The lowest BCUT2D eigenvalue weighted by molar-refractivity contribution is 0.0424. The molecule has 0 radical (unpaired) electrons. The zero-order valence-electron chi connectivity index (χ0n) is 14.8. The van der Waals surface area contributed by atoms with Gasteiger partial charge in [0.2, 0.25) is 0 Å². The number of nitrogens with zero attached hydrogens (tertiary/aromatic N) is 2. The van der Waals surface area contributed by atoms with Crippen LogP contribution in [0.5, 0.6) is 0 Å². The van der Waals surface area contributed by atoms with Gasteiger partial charge in [-0.15, -0.1) is 11.8 Å². The van der Waals surface area contributed by atoms with Gasteiger partial charge in [-0.1, -0.05) is 18.2 Å². The van der Waals surface area contributed by atoms with Crippen LogP contribution < -0.4 is 0 Å². The molecule has 2 saturated heterocycles. The van der Waals surface area contributed by atoms with Crippen LogP contribution in [0.2, 0.25) is 0 Å². The zero-order valence-corrected chi connectivity index (χ0v) is 15.6. The van der Waals surface area contributed by atoms with Crippen molar-refractivity contribution in [3.05, 3.63) is 48.8 Å². The second-order valence-corrected chi connectivity index (χ2v) is 9.34. The molecule has 3 heteroatoms. The molecule has 4 rings (SSSR count). The van der Waals surface area contributed by atoms with Crippen molar-refractivity contribution in [3.63, 3.8) is 0 Å². The summed E-state index contributed by atoms with van der Waals surface area (Å²) in [6.45, 7) is 4.91. The minimum absolute atomic E-state index is 0.389. The van der Waals surface area contributed by atoms with E-state index in [4.69, 9.17) is 0 Å². The predicted octanol–water partition coefficient (Wildman–Crippen LogP) is 5.25. The van der Waals surface area contributed by atoms with Crippen molar-refractivity contribution in [1.82, 2.24) is 9.88 Å². The van der Waals surface area contributed by atoms with Crippen molar-refractivity contribution in [2.24, 2.45) is 0 Å². The Balaban J connectivity index is 1.49. The van der Waals surface area contributed by atoms with Gasteiger partial charge in [-0.2, -0.15) is 0 Å². The first-order valence-corrected chi connectivity index (χ1v) is 9.78. The van der Waals surface area contributed by atoms with E-state index in [1.165, 1.54) is 41.7 Å². The number of hydrogen-bond acceptors (Lipinski definition) is 3. The van der Waals surface area contributed by atoms with Crippen LogP contribution in [0.3, 0.4) is 0 Å². The van der Waals surface area contributed by atoms with Crippen molar-refractivity contribution >= 4 is 11.8 Å². The molecule has 0 saturated carbocycles. The molecule has 1 unspecified atom stereocenters. The number of thioether (sulfide) groups is 1. The maximum absolute atomic E-state index is 4.21. The van der Waals surface area contributed by atoms with E-state index in [1.54, 1.807) is 0 Å². The fourth-order valence-corrected chi connectivity index (χ4v) is 6.15. The molecule has 0 aliphatic carbocycles. The highest BCUT2D eigenvalue weighted by atomic mass is 32.2. The quantitative estimate of drug-likeness (QED) is 0.761. The van der Waals surface area contributed by atoms with E-state index in [9.17, 15) is 0 Å². The molecule has 2 bridgehead atoms. The molecule has 2 aliphatic heterocycles. The Bertz CT molecular complexity index is 694. The summed E-state index contributed by atoms with van der Waals surface area (Å²) in [4.78, 5) is 8.26. The Hall–Kier alpha value is -1.32. The molecule has 126 valence electrons. The van der Waals surface area contributed by atoms with E-state index >= 15 is 0 Å². The van der Waals surface area contributed by atoms with Crippen LogP contribution in [0.25, 0.3) is 11.1 Å². The average Bonchev–Trinajstić information content (AvgIpc) is 2.72. The second kappa shape index (κ2) is 5.89. The van der Waals surface area contributed by atoms with Crippen LogP contribution >= 0.6 is 11.8 Å². The molecular weight excluding hydrogens is 312 g/mol. The van der Waals surface area contributed by atoms with Gasteiger partial charge in [0, 0.05) is 33.6 Å². The first-order chi connectivity index (χ1) is 11.5. The summed E-state index contributed by atoms with van der Waals surface area (Å²) in [7, 11) is 2.33. The van der Waals surface area contributed by atoms with Gasteiger partial charge in [0.1, 0.15) is 0 Å². The maximum Gasteiger partial charge on any atom is 0.0346 e. The van der Waals surface area contributed by atoms with Crippen molar-refractivity contribution in [1.29, 1.82) is 0 Å². The summed E-state index contributed by atoms with van der Waals surface area (Å²) in [5, 5.41) is 0.725. The lowest BCUT2D eigenvalue weighted by Gasteiger charge is -2.49. The Morgan fingerprint density at radius 1 is 1.00 bits per heavy atom. The van der Waals surface area contributed by atoms with Crippen LogP contribution in [0.4, 0.5) is 0 Å². The molecule has 2 aliphatic rings. The molecule has 0 amide bonds. The van der Waals surface area contributed by atoms with E-state index in [0.29, 0.717) is 11.1 Å². The van der Waals surface area contributed by atoms with Crippen molar-refractivity contribution < 1.29 is 0 Å². The Kier molecular flexibility index (Phi) is 3.97. The molecule has 2 fully saturated rings. The van der Waals surface area contributed by atoms with Gasteiger partial charge >= 0.3 is 0 Å². The summed E-state index contributed by atoms with van der Waals surface area (Å²) >= 11 is 2.07. The largest absolute Gasteiger partial charge is 0.295 e. The highest BCUT2D eigenvalue weighted by Gasteiger charge is 2.53. The predicted molar refractivity (Wildman–Crippen MR) is 102 cm³/mol. The van der Waals surface area contributed by atoms with E-state index in [0.717, 1.165) is 5.25 Å². The van der Waals surface area contributed by atoms with Crippen molar-refractivity contribution in [2.75, 3.05) is 7.05 Å². The van der Waals surface area contributed by atoms with Gasteiger partial charge in [0.25, 0.3) is 0 Å². The smallest absolute Gasteiger partial charge is 0.0346 e. The number of rotatable bonds is 3. The number of benzene rings is 1. The first kappa shape index (κ1) is 16.2. The standard InChI is InChI=1S/C21H26N2S/c1-20-10-11-21(2,23(20)3)14-19(13-20)24-18-8-6-16(7-9-18)17-5-4-12-22-15-17/h4-9,12,15,19H,10-11,13-14H2,1-3H3/t19?,20-,21+. The molecule has 1 aromatic carbocycles. The highest BCUT2D eigenvalue weighted by molar-refractivity contribution is 8.00. The Labute approximate surface area is 149 Å². The molecule has 0 spiro atoms. The first-order valence-electron chi connectivity index (χ1n) is 8.90. The molecule has 24 heavy (non-hydrogen) atoms. The minimum atomic E-state index is 0.389. The number of aromatic nitrogens is 1. The number of hydrogen-bond donors (Lipinski definition) is 0. The average molecular weight is 339 g/mol. The second-order valence-electron chi connectivity index (χ2n) is 7.97. The van der Waals surface area contributed by atoms with Crippen molar-refractivity contribution in [2.45, 2.75) is 60.8 Å². The van der Waals surface area contributed by atoms with Gasteiger partial charge in [0.05, 0.1) is 0 Å². The van der Waals surface area contributed by atoms with Crippen LogP contribution in [-0.2, 0) is 0 Å². The molecule has 1 aromatic heterocycles. The van der Waals surface area contributed by atoms with Gasteiger partial charge in [-0.05, 0) is 75.9 Å². The lowest BCUT2D eigenvalue weighted by Crippen LogP contribution is -2.55. The molecule has 2 nitrogen and oxygen atoms in total. The Morgan fingerprint density at radius 2 is 1.67 bits per heavy atom. The molecule has 3 heterocycles.